The normalized spacial score (nSPS) is 14.3. The monoisotopic (exact) mass is 234 g/mol. The Bertz CT molecular complexity index is 223. The topological polar surface area (TPSA) is 92.4 Å². The van der Waals surface area contributed by atoms with Crippen molar-refractivity contribution in [2.45, 2.75) is 19.4 Å². The highest BCUT2D eigenvalue weighted by molar-refractivity contribution is 7.98. The average Bonchev–Trinajstić information content (AvgIpc) is 2.21. The van der Waals surface area contributed by atoms with Gasteiger partial charge in [-0.3, -0.25) is 9.59 Å². The molecule has 0 saturated heterocycles. The minimum atomic E-state index is -0.923. The molecule has 0 aliphatic heterocycles. The standard InChI is InChI=1S/C9H18N2O3S/c1-6(9(13)14)5-11-8(12)7(10)3-4-15-2/h6-7H,3-5,10H2,1-2H3,(H,11,12)(H,13,14)/t6?,7-/m1/s1. The maximum absolute atomic E-state index is 11.3. The molecule has 0 radical (unpaired) electrons. The van der Waals surface area contributed by atoms with Gasteiger partial charge in [0.2, 0.25) is 5.91 Å². The zero-order valence-electron chi connectivity index (χ0n) is 9.03. The first-order valence-electron chi connectivity index (χ1n) is 4.74. The van der Waals surface area contributed by atoms with Gasteiger partial charge in [-0.25, -0.2) is 0 Å². The van der Waals surface area contributed by atoms with Crippen molar-refractivity contribution < 1.29 is 14.7 Å². The van der Waals surface area contributed by atoms with Gasteiger partial charge in [0.1, 0.15) is 0 Å². The molecule has 1 unspecified atom stereocenters. The SMILES string of the molecule is CSCC[C@@H](N)C(=O)NCC(C)C(=O)O. The van der Waals surface area contributed by atoms with E-state index >= 15 is 0 Å². The van der Waals surface area contributed by atoms with Crippen LogP contribution >= 0.6 is 11.8 Å². The molecule has 15 heavy (non-hydrogen) atoms. The third-order valence-corrected chi connectivity index (χ3v) is 2.62. The minimum Gasteiger partial charge on any atom is -0.481 e. The summed E-state index contributed by atoms with van der Waals surface area (Å²) < 4.78 is 0. The van der Waals surface area contributed by atoms with Crippen LogP contribution in [0.5, 0.6) is 0 Å². The van der Waals surface area contributed by atoms with Crippen molar-refractivity contribution in [2.24, 2.45) is 11.7 Å². The van der Waals surface area contributed by atoms with E-state index in [1.807, 2.05) is 6.26 Å². The number of nitrogens with two attached hydrogens (primary N) is 1. The molecule has 0 fully saturated rings. The summed E-state index contributed by atoms with van der Waals surface area (Å²) >= 11 is 1.62. The van der Waals surface area contributed by atoms with Crippen molar-refractivity contribution in [3.05, 3.63) is 0 Å². The van der Waals surface area contributed by atoms with Crippen LogP contribution in [0.4, 0.5) is 0 Å². The van der Waals surface area contributed by atoms with Gasteiger partial charge in [-0.05, 0) is 18.4 Å². The Kier molecular flexibility index (Phi) is 7.15. The number of carbonyl (C=O) groups excluding carboxylic acids is 1. The van der Waals surface area contributed by atoms with E-state index in [0.29, 0.717) is 6.42 Å². The van der Waals surface area contributed by atoms with Crippen molar-refractivity contribution >= 4 is 23.6 Å². The average molecular weight is 234 g/mol. The number of thioether (sulfide) groups is 1. The van der Waals surface area contributed by atoms with Gasteiger partial charge in [0.15, 0.2) is 0 Å². The molecule has 6 heteroatoms. The fourth-order valence-corrected chi connectivity index (χ4v) is 1.34. The molecule has 0 aliphatic rings. The largest absolute Gasteiger partial charge is 0.481 e. The fraction of sp³-hybridized carbons (Fsp3) is 0.778. The van der Waals surface area contributed by atoms with Crippen LogP contribution in [-0.4, -0.2) is 41.6 Å². The number of carboxylic acid groups (broad SMARTS) is 1. The summed E-state index contributed by atoms with van der Waals surface area (Å²) in [5, 5.41) is 11.1. The predicted octanol–water partition coefficient (Wildman–Crippen LogP) is -0.0963. The van der Waals surface area contributed by atoms with Crippen molar-refractivity contribution in [1.29, 1.82) is 0 Å². The van der Waals surface area contributed by atoms with Gasteiger partial charge >= 0.3 is 5.97 Å². The molecule has 5 nitrogen and oxygen atoms in total. The number of carbonyl (C=O) groups is 2. The first kappa shape index (κ1) is 14.2. The van der Waals surface area contributed by atoms with Crippen LogP contribution in [0.15, 0.2) is 0 Å². The number of rotatable bonds is 7. The number of nitrogens with one attached hydrogen (secondary N) is 1. The highest BCUT2D eigenvalue weighted by Gasteiger charge is 2.16. The van der Waals surface area contributed by atoms with Gasteiger partial charge in [0, 0.05) is 6.54 Å². The Morgan fingerprint density at radius 3 is 2.60 bits per heavy atom. The molecular formula is C9H18N2O3S. The third kappa shape index (κ3) is 6.35. The van der Waals surface area contributed by atoms with Gasteiger partial charge in [0.05, 0.1) is 12.0 Å². The molecule has 1 amide bonds. The summed E-state index contributed by atoms with van der Waals surface area (Å²) in [5.41, 5.74) is 5.59. The molecule has 4 N–H and O–H groups in total. The van der Waals surface area contributed by atoms with E-state index in [1.54, 1.807) is 11.8 Å². The lowest BCUT2D eigenvalue weighted by Gasteiger charge is -2.13. The van der Waals surface area contributed by atoms with Crippen LogP contribution in [0.1, 0.15) is 13.3 Å². The molecule has 0 bridgehead atoms. The van der Waals surface area contributed by atoms with Crippen LogP contribution in [-0.2, 0) is 9.59 Å². The van der Waals surface area contributed by atoms with Crippen LogP contribution in [0, 0.1) is 5.92 Å². The Balaban J connectivity index is 3.77. The molecule has 0 spiro atoms. The Morgan fingerprint density at radius 1 is 1.53 bits per heavy atom. The highest BCUT2D eigenvalue weighted by Crippen LogP contribution is 1.99. The molecule has 0 saturated carbocycles. The summed E-state index contributed by atoms with van der Waals surface area (Å²) in [4.78, 5) is 21.8. The second kappa shape index (κ2) is 7.53. The van der Waals surface area contributed by atoms with Gasteiger partial charge in [-0.15, -0.1) is 0 Å². The minimum absolute atomic E-state index is 0.126. The molecule has 0 aliphatic carbocycles. The number of hydrogen-bond donors (Lipinski definition) is 3. The number of aliphatic carboxylic acids is 1. The van der Waals surface area contributed by atoms with E-state index in [9.17, 15) is 9.59 Å². The second-order valence-electron chi connectivity index (χ2n) is 3.37. The lowest BCUT2D eigenvalue weighted by molar-refractivity contribution is -0.141. The van der Waals surface area contributed by atoms with Gasteiger partial charge < -0.3 is 16.2 Å². The van der Waals surface area contributed by atoms with E-state index < -0.39 is 17.9 Å². The Labute approximate surface area is 93.8 Å². The van der Waals surface area contributed by atoms with Crippen molar-refractivity contribution in [2.75, 3.05) is 18.6 Å². The summed E-state index contributed by atoms with van der Waals surface area (Å²) in [6.07, 6.45) is 2.55. The molecule has 0 aromatic rings. The predicted molar refractivity (Wildman–Crippen MR) is 60.8 cm³/mol. The van der Waals surface area contributed by atoms with Crippen molar-refractivity contribution in [1.82, 2.24) is 5.32 Å². The number of carboxylic acids is 1. The van der Waals surface area contributed by atoms with Crippen molar-refractivity contribution in [3.63, 3.8) is 0 Å². The smallest absolute Gasteiger partial charge is 0.308 e. The fourth-order valence-electron chi connectivity index (χ4n) is 0.848. The molecule has 2 atom stereocenters. The molecule has 0 aromatic heterocycles. The third-order valence-electron chi connectivity index (χ3n) is 1.97. The maximum atomic E-state index is 11.3. The highest BCUT2D eigenvalue weighted by atomic mass is 32.2. The van der Waals surface area contributed by atoms with Gasteiger partial charge in [-0.2, -0.15) is 11.8 Å². The van der Waals surface area contributed by atoms with E-state index in [1.165, 1.54) is 6.92 Å². The molecule has 0 rings (SSSR count). The Morgan fingerprint density at radius 2 is 2.13 bits per heavy atom. The molecule has 88 valence electrons. The van der Waals surface area contributed by atoms with Crippen LogP contribution in [0.3, 0.4) is 0 Å². The molecular weight excluding hydrogens is 216 g/mol. The number of amides is 1. The summed E-state index contributed by atoms with van der Waals surface area (Å²) in [6, 6.07) is -0.543. The van der Waals surface area contributed by atoms with Gasteiger partial charge in [0.25, 0.3) is 0 Å². The van der Waals surface area contributed by atoms with Crippen LogP contribution < -0.4 is 11.1 Å². The summed E-state index contributed by atoms with van der Waals surface area (Å²) in [5.74, 6) is -0.963. The lowest BCUT2D eigenvalue weighted by atomic mass is 10.1. The van der Waals surface area contributed by atoms with E-state index in [-0.39, 0.29) is 12.5 Å². The lowest BCUT2D eigenvalue weighted by Crippen LogP contribution is -2.43. The Hall–Kier alpha value is -0.750. The second-order valence-corrected chi connectivity index (χ2v) is 4.36. The zero-order chi connectivity index (χ0) is 11.8. The summed E-state index contributed by atoms with van der Waals surface area (Å²) in [6.45, 7) is 1.66. The van der Waals surface area contributed by atoms with Crippen LogP contribution in [0.25, 0.3) is 0 Å². The zero-order valence-corrected chi connectivity index (χ0v) is 9.84. The van der Waals surface area contributed by atoms with Crippen molar-refractivity contribution in [3.8, 4) is 0 Å². The summed E-state index contributed by atoms with van der Waals surface area (Å²) in [7, 11) is 0. The maximum Gasteiger partial charge on any atom is 0.308 e. The van der Waals surface area contributed by atoms with E-state index in [0.717, 1.165) is 5.75 Å². The first-order chi connectivity index (χ1) is 6.99. The first-order valence-corrected chi connectivity index (χ1v) is 6.13. The molecule has 0 aromatic carbocycles. The van der Waals surface area contributed by atoms with E-state index in [2.05, 4.69) is 5.32 Å². The van der Waals surface area contributed by atoms with Crippen LogP contribution in [0.2, 0.25) is 0 Å². The van der Waals surface area contributed by atoms with E-state index in [4.69, 9.17) is 10.8 Å². The van der Waals surface area contributed by atoms with Gasteiger partial charge in [-0.1, -0.05) is 6.92 Å². The quantitative estimate of drug-likeness (QED) is 0.572. The molecule has 0 heterocycles. The number of hydrogen-bond acceptors (Lipinski definition) is 4.